The minimum absolute atomic E-state index is 0.0000432. The summed E-state index contributed by atoms with van der Waals surface area (Å²) in [4.78, 5) is 18.5. The molecule has 2 heterocycles. The SMILES string of the molecule is CCc1cc2c(=O)n(CC(O)COc3ccc(F)cc3)cnc2s1. The van der Waals surface area contributed by atoms with E-state index in [1.165, 1.54) is 46.5 Å². The molecule has 0 bridgehead atoms. The lowest BCUT2D eigenvalue weighted by Gasteiger charge is -2.13. The number of halogens is 1. The molecule has 1 N–H and O–H groups in total. The van der Waals surface area contributed by atoms with Crippen molar-refractivity contribution in [2.24, 2.45) is 0 Å². The second-order valence-corrected chi connectivity index (χ2v) is 6.52. The molecule has 2 aromatic heterocycles. The molecule has 0 spiro atoms. The molecule has 0 aliphatic rings. The number of nitrogens with zero attached hydrogens (tertiary/aromatic N) is 2. The molecule has 0 aliphatic heterocycles. The maximum atomic E-state index is 12.8. The third kappa shape index (κ3) is 3.63. The van der Waals surface area contributed by atoms with Crippen LogP contribution in [0.15, 0.2) is 41.5 Å². The molecule has 0 saturated carbocycles. The highest BCUT2D eigenvalue weighted by atomic mass is 32.1. The van der Waals surface area contributed by atoms with Gasteiger partial charge in [0.1, 0.15) is 29.1 Å². The quantitative estimate of drug-likeness (QED) is 0.744. The minimum atomic E-state index is -0.878. The number of hydrogen-bond donors (Lipinski definition) is 1. The van der Waals surface area contributed by atoms with Crippen molar-refractivity contribution in [1.29, 1.82) is 0 Å². The van der Waals surface area contributed by atoms with Gasteiger partial charge in [-0.25, -0.2) is 9.37 Å². The van der Waals surface area contributed by atoms with Gasteiger partial charge in [-0.15, -0.1) is 11.3 Å². The van der Waals surface area contributed by atoms with Gasteiger partial charge in [0.15, 0.2) is 0 Å². The van der Waals surface area contributed by atoms with E-state index in [0.29, 0.717) is 16.0 Å². The first-order valence-corrected chi connectivity index (χ1v) is 8.42. The summed E-state index contributed by atoms with van der Waals surface area (Å²) in [6.07, 6.45) is 1.42. The number of thiophene rings is 1. The number of hydrogen-bond acceptors (Lipinski definition) is 5. The molecule has 126 valence electrons. The Kier molecular flexibility index (Phi) is 4.92. The molecule has 5 nitrogen and oxygen atoms in total. The van der Waals surface area contributed by atoms with E-state index in [1.54, 1.807) is 0 Å². The van der Waals surface area contributed by atoms with Gasteiger partial charge in [0.2, 0.25) is 0 Å². The maximum Gasteiger partial charge on any atom is 0.262 e. The Morgan fingerprint density at radius 2 is 2.12 bits per heavy atom. The van der Waals surface area contributed by atoms with E-state index in [9.17, 15) is 14.3 Å². The highest BCUT2D eigenvalue weighted by molar-refractivity contribution is 7.18. The van der Waals surface area contributed by atoms with Crippen molar-refractivity contribution >= 4 is 21.6 Å². The van der Waals surface area contributed by atoms with Gasteiger partial charge >= 0.3 is 0 Å². The lowest BCUT2D eigenvalue weighted by Crippen LogP contribution is -2.30. The van der Waals surface area contributed by atoms with E-state index < -0.39 is 6.10 Å². The minimum Gasteiger partial charge on any atom is -0.491 e. The van der Waals surface area contributed by atoms with Crippen LogP contribution < -0.4 is 10.3 Å². The van der Waals surface area contributed by atoms with Gasteiger partial charge < -0.3 is 9.84 Å². The fourth-order valence-corrected chi connectivity index (χ4v) is 3.24. The average Bonchev–Trinajstić information content (AvgIpc) is 3.01. The van der Waals surface area contributed by atoms with Crippen LogP contribution in [-0.4, -0.2) is 27.4 Å². The Labute approximate surface area is 142 Å². The number of fused-ring (bicyclic) bond motifs is 1. The summed E-state index contributed by atoms with van der Waals surface area (Å²) >= 11 is 1.51. The first kappa shape index (κ1) is 16.6. The summed E-state index contributed by atoms with van der Waals surface area (Å²) in [5.74, 6) is 0.109. The van der Waals surface area contributed by atoms with Crippen molar-refractivity contribution in [3.63, 3.8) is 0 Å². The van der Waals surface area contributed by atoms with Crippen LogP contribution >= 0.6 is 11.3 Å². The Balaban J connectivity index is 1.68. The van der Waals surface area contributed by atoms with Crippen molar-refractivity contribution in [3.8, 4) is 5.75 Å². The summed E-state index contributed by atoms with van der Waals surface area (Å²) in [7, 11) is 0. The third-order valence-corrected chi connectivity index (χ3v) is 4.77. The molecule has 24 heavy (non-hydrogen) atoms. The van der Waals surface area contributed by atoms with Crippen LogP contribution in [0, 0.1) is 5.82 Å². The van der Waals surface area contributed by atoms with Gasteiger partial charge in [0.25, 0.3) is 5.56 Å². The van der Waals surface area contributed by atoms with Gasteiger partial charge in [-0.1, -0.05) is 6.92 Å². The highest BCUT2D eigenvalue weighted by Crippen LogP contribution is 2.21. The van der Waals surface area contributed by atoms with Crippen molar-refractivity contribution in [1.82, 2.24) is 9.55 Å². The maximum absolute atomic E-state index is 12.8. The smallest absolute Gasteiger partial charge is 0.262 e. The van der Waals surface area contributed by atoms with Crippen molar-refractivity contribution < 1.29 is 14.2 Å². The topological polar surface area (TPSA) is 64.4 Å². The molecule has 7 heteroatoms. The molecule has 3 aromatic rings. The molecule has 0 fully saturated rings. The van der Waals surface area contributed by atoms with Gasteiger partial charge in [0.05, 0.1) is 18.3 Å². The summed E-state index contributed by atoms with van der Waals surface area (Å²) < 4.78 is 19.6. The van der Waals surface area contributed by atoms with E-state index >= 15 is 0 Å². The molecule has 1 unspecified atom stereocenters. The van der Waals surface area contributed by atoms with Crippen LogP contribution in [0.1, 0.15) is 11.8 Å². The molecule has 0 radical (unpaired) electrons. The van der Waals surface area contributed by atoms with Crippen LogP contribution in [0.25, 0.3) is 10.2 Å². The molecule has 1 aromatic carbocycles. The van der Waals surface area contributed by atoms with Crippen LogP contribution in [0.2, 0.25) is 0 Å². The zero-order valence-electron chi connectivity index (χ0n) is 13.1. The first-order chi connectivity index (χ1) is 11.6. The highest BCUT2D eigenvalue weighted by Gasteiger charge is 2.12. The van der Waals surface area contributed by atoms with Crippen LogP contribution in [0.3, 0.4) is 0 Å². The number of rotatable bonds is 6. The van der Waals surface area contributed by atoms with Gasteiger partial charge in [-0.2, -0.15) is 0 Å². The van der Waals surface area contributed by atoms with Crippen LogP contribution in [-0.2, 0) is 13.0 Å². The Hall–Kier alpha value is -2.25. The third-order valence-electron chi connectivity index (χ3n) is 3.58. The Bertz CT molecular complexity index is 889. The normalized spacial score (nSPS) is 12.5. The fraction of sp³-hybridized carbons (Fsp3) is 0.294. The van der Waals surface area contributed by atoms with E-state index in [1.807, 2.05) is 13.0 Å². The van der Waals surface area contributed by atoms with E-state index in [-0.39, 0.29) is 24.5 Å². The molecule has 0 aliphatic carbocycles. The van der Waals surface area contributed by atoms with Crippen molar-refractivity contribution in [2.75, 3.05) is 6.61 Å². The largest absolute Gasteiger partial charge is 0.491 e. The summed E-state index contributed by atoms with van der Waals surface area (Å²) in [5, 5.41) is 10.7. The molecular formula is C17H17FN2O3S. The van der Waals surface area contributed by atoms with Crippen molar-refractivity contribution in [2.45, 2.75) is 26.0 Å². The van der Waals surface area contributed by atoms with Gasteiger partial charge in [-0.3, -0.25) is 9.36 Å². The zero-order valence-corrected chi connectivity index (χ0v) is 13.9. The van der Waals surface area contributed by atoms with Gasteiger partial charge in [-0.05, 0) is 36.8 Å². The van der Waals surface area contributed by atoms with Crippen LogP contribution in [0.5, 0.6) is 5.75 Å². The number of ether oxygens (including phenoxy) is 1. The molecular weight excluding hydrogens is 331 g/mol. The summed E-state index contributed by atoms with van der Waals surface area (Å²) in [6.45, 7) is 2.11. The molecule has 1 atom stereocenters. The molecule has 0 saturated heterocycles. The predicted molar refractivity (Wildman–Crippen MR) is 91.2 cm³/mol. The number of aliphatic hydroxyl groups is 1. The second-order valence-electron chi connectivity index (χ2n) is 5.41. The zero-order chi connectivity index (χ0) is 17.1. The second kappa shape index (κ2) is 7.11. The number of benzene rings is 1. The monoisotopic (exact) mass is 348 g/mol. The first-order valence-electron chi connectivity index (χ1n) is 7.61. The summed E-state index contributed by atoms with van der Waals surface area (Å²) in [6, 6.07) is 7.39. The van der Waals surface area contributed by atoms with Crippen LogP contribution in [0.4, 0.5) is 4.39 Å². The lowest BCUT2D eigenvalue weighted by atomic mass is 10.3. The van der Waals surface area contributed by atoms with Gasteiger partial charge in [0, 0.05) is 4.88 Å². The van der Waals surface area contributed by atoms with E-state index in [2.05, 4.69) is 4.98 Å². The lowest BCUT2D eigenvalue weighted by molar-refractivity contribution is 0.0914. The van der Waals surface area contributed by atoms with E-state index in [4.69, 9.17) is 4.74 Å². The molecule has 0 amide bonds. The number of aromatic nitrogens is 2. The molecule has 3 rings (SSSR count). The standard InChI is InChI=1S/C17H17FN2O3S/c1-2-14-7-15-16(24-14)19-10-20(17(15)22)8-12(21)9-23-13-5-3-11(18)4-6-13/h3-7,10,12,21H,2,8-9H2,1H3. The predicted octanol–water partition coefficient (Wildman–Crippen LogP) is 2.60. The fourth-order valence-electron chi connectivity index (χ4n) is 2.32. The van der Waals surface area contributed by atoms with E-state index in [0.717, 1.165) is 11.3 Å². The number of aryl methyl sites for hydroxylation is 1. The Morgan fingerprint density at radius 1 is 1.38 bits per heavy atom. The average molecular weight is 348 g/mol. The number of aliphatic hydroxyl groups excluding tert-OH is 1. The summed E-state index contributed by atoms with van der Waals surface area (Å²) in [5.41, 5.74) is -0.170. The van der Waals surface area contributed by atoms with Crippen molar-refractivity contribution in [3.05, 3.63) is 57.7 Å². The Morgan fingerprint density at radius 3 is 2.83 bits per heavy atom.